The molecular formula is C10H19NO. The molecule has 0 bridgehead atoms. The molecule has 70 valence electrons. The van der Waals surface area contributed by atoms with Crippen molar-refractivity contribution in [1.82, 2.24) is 5.32 Å². The minimum Gasteiger partial charge on any atom is -0.377 e. The maximum absolute atomic E-state index is 5.61. The van der Waals surface area contributed by atoms with Crippen LogP contribution in [-0.4, -0.2) is 25.8 Å². The number of likely N-dealkylation sites (N-methyl/N-ethyl adjacent to an activating group) is 1. The Kier molecular flexibility index (Phi) is 4.33. The number of ether oxygens (including phenoxy) is 1. The molecule has 1 rings (SSSR count). The summed E-state index contributed by atoms with van der Waals surface area (Å²) in [6.07, 6.45) is 7.06. The second-order valence-corrected chi connectivity index (χ2v) is 3.31. The van der Waals surface area contributed by atoms with Crippen LogP contribution >= 0.6 is 0 Å². The zero-order valence-electron chi connectivity index (χ0n) is 7.88. The fourth-order valence-corrected chi connectivity index (χ4v) is 1.73. The lowest BCUT2D eigenvalue weighted by Crippen LogP contribution is -2.36. The standard InChI is InChI=1S/C10H19NO/c1-3-4-6-9(11-2)10-7-5-8-12-10/h3,9-11H,1,4-8H2,2H3. The van der Waals surface area contributed by atoms with E-state index in [2.05, 4.69) is 11.9 Å². The molecule has 1 heterocycles. The molecule has 0 spiro atoms. The molecular weight excluding hydrogens is 150 g/mol. The van der Waals surface area contributed by atoms with E-state index in [9.17, 15) is 0 Å². The van der Waals surface area contributed by atoms with Crippen molar-refractivity contribution in [3.63, 3.8) is 0 Å². The summed E-state index contributed by atoms with van der Waals surface area (Å²) in [4.78, 5) is 0. The Hall–Kier alpha value is -0.340. The molecule has 2 nitrogen and oxygen atoms in total. The van der Waals surface area contributed by atoms with Crippen LogP contribution in [0, 0.1) is 0 Å². The summed E-state index contributed by atoms with van der Waals surface area (Å²) in [6, 6.07) is 0.519. The average molecular weight is 169 g/mol. The van der Waals surface area contributed by atoms with Crippen LogP contribution in [0.3, 0.4) is 0 Å². The van der Waals surface area contributed by atoms with Crippen molar-refractivity contribution < 1.29 is 4.74 Å². The summed E-state index contributed by atoms with van der Waals surface area (Å²) in [7, 11) is 2.01. The highest BCUT2D eigenvalue weighted by Crippen LogP contribution is 2.18. The molecule has 1 aliphatic heterocycles. The van der Waals surface area contributed by atoms with Crippen LogP contribution < -0.4 is 5.32 Å². The van der Waals surface area contributed by atoms with E-state index in [4.69, 9.17) is 4.74 Å². The third-order valence-corrected chi connectivity index (χ3v) is 2.47. The predicted molar refractivity (Wildman–Crippen MR) is 51.3 cm³/mol. The van der Waals surface area contributed by atoms with Crippen molar-refractivity contribution in [3.05, 3.63) is 12.7 Å². The van der Waals surface area contributed by atoms with Crippen molar-refractivity contribution in [2.24, 2.45) is 0 Å². The van der Waals surface area contributed by atoms with Crippen molar-refractivity contribution in [3.8, 4) is 0 Å². The molecule has 1 N–H and O–H groups in total. The zero-order chi connectivity index (χ0) is 8.81. The van der Waals surface area contributed by atoms with E-state index in [-0.39, 0.29) is 0 Å². The Labute approximate surface area is 75.0 Å². The van der Waals surface area contributed by atoms with Crippen molar-refractivity contribution in [1.29, 1.82) is 0 Å². The molecule has 0 amide bonds. The first-order chi connectivity index (χ1) is 5.88. The van der Waals surface area contributed by atoms with Gasteiger partial charge in [-0.2, -0.15) is 0 Å². The van der Waals surface area contributed by atoms with Gasteiger partial charge in [0.15, 0.2) is 0 Å². The first-order valence-corrected chi connectivity index (χ1v) is 4.78. The van der Waals surface area contributed by atoms with Gasteiger partial charge in [-0.25, -0.2) is 0 Å². The highest BCUT2D eigenvalue weighted by molar-refractivity contribution is 4.81. The van der Waals surface area contributed by atoms with Crippen LogP contribution in [-0.2, 0) is 4.74 Å². The van der Waals surface area contributed by atoms with Gasteiger partial charge in [0.25, 0.3) is 0 Å². The summed E-state index contributed by atoms with van der Waals surface area (Å²) >= 11 is 0. The fourth-order valence-electron chi connectivity index (χ4n) is 1.73. The molecule has 0 aromatic rings. The minimum absolute atomic E-state index is 0.440. The van der Waals surface area contributed by atoms with Gasteiger partial charge in [0.05, 0.1) is 6.10 Å². The Morgan fingerprint density at radius 2 is 2.58 bits per heavy atom. The summed E-state index contributed by atoms with van der Waals surface area (Å²) in [5, 5.41) is 3.31. The quantitative estimate of drug-likeness (QED) is 0.633. The third-order valence-electron chi connectivity index (χ3n) is 2.47. The Morgan fingerprint density at radius 1 is 1.75 bits per heavy atom. The van der Waals surface area contributed by atoms with Gasteiger partial charge in [-0.1, -0.05) is 6.08 Å². The first-order valence-electron chi connectivity index (χ1n) is 4.78. The average Bonchev–Trinajstić information content (AvgIpc) is 2.59. The molecule has 0 aromatic carbocycles. The van der Waals surface area contributed by atoms with Crippen LogP contribution in [0.4, 0.5) is 0 Å². The molecule has 0 saturated carbocycles. The van der Waals surface area contributed by atoms with Crippen LogP contribution in [0.25, 0.3) is 0 Å². The highest BCUT2D eigenvalue weighted by atomic mass is 16.5. The monoisotopic (exact) mass is 169 g/mol. The van der Waals surface area contributed by atoms with Gasteiger partial charge in [0, 0.05) is 12.6 Å². The van der Waals surface area contributed by atoms with Crippen LogP contribution in [0.15, 0.2) is 12.7 Å². The van der Waals surface area contributed by atoms with Crippen molar-refractivity contribution in [2.75, 3.05) is 13.7 Å². The first kappa shape index (κ1) is 9.75. The van der Waals surface area contributed by atoms with Gasteiger partial charge in [0.2, 0.25) is 0 Å². The molecule has 0 aliphatic carbocycles. The molecule has 1 saturated heterocycles. The van der Waals surface area contributed by atoms with Gasteiger partial charge in [-0.05, 0) is 32.7 Å². The van der Waals surface area contributed by atoms with E-state index >= 15 is 0 Å². The van der Waals surface area contributed by atoms with Gasteiger partial charge in [-0.3, -0.25) is 0 Å². The Morgan fingerprint density at radius 3 is 3.08 bits per heavy atom. The lowest BCUT2D eigenvalue weighted by Gasteiger charge is -2.21. The fraction of sp³-hybridized carbons (Fsp3) is 0.800. The van der Waals surface area contributed by atoms with E-state index in [1.54, 1.807) is 0 Å². The molecule has 2 heteroatoms. The van der Waals surface area contributed by atoms with Gasteiger partial charge >= 0.3 is 0 Å². The van der Waals surface area contributed by atoms with Gasteiger partial charge < -0.3 is 10.1 Å². The lowest BCUT2D eigenvalue weighted by atomic mass is 10.0. The minimum atomic E-state index is 0.440. The molecule has 0 radical (unpaired) electrons. The number of hydrogen-bond donors (Lipinski definition) is 1. The van der Waals surface area contributed by atoms with Crippen LogP contribution in [0.5, 0.6) is 0 Å². The largest absolute Gasteiger partial charge is 0.377 e. The molecule has 0 aromatic heterocycles. The van der Waals surface area contributed by atoms with E-state index in [1.807, 2.05) is 13.1 Å². The van der Waals surface area contributed by atoms with Gasteiger partial charge in [0.1, 0.15) is 0 Å². The van der Waals surface area contributed by atoms with Crippen molar-refractivity contribution in [2.45, 2.75) is 37.8 Å². The zero-order valence-corrected chi connectivity index (χ0v) is 7.88. The number of rotatable bonds is 5. The summed E-state index contributed by atoms with van der Waals surface area (Å²) in [5.41, 5.74) is 0. The molecule has 12 heavy (non-hydrogen) atoms. The Bertz CT molecular complexity index is 130. The highest BCUT2D eigenvalue weighted by Gasteiger charge is 2.23. The van der Waals surface area contributed by atoms with E-state index in [0.29, 0.717) is 12.1 Å². The maximum atomic E-state index is 5.61. The van der Waals surface area contributed by atoms with E-state index < -0.39 is 0 Å². The summed E-state index contributed by atoms with van der Waals surface area (Å²) in [6.45, 7) is 4.67. The second-order valence-electron chi connectivity index (χ2n) is 3.31. The topological polar surface area (TPSA) is 21.3 Å². The lowest BCUT2D eigenvalue weighted by molar-refractivity contribution is 0.0784. The van der Waals surface area contributed by atoms with Gasteiger partial charge in [-0.15, -0.1) is 6.58 Å². The molecule has 1 fully saturated rings. The van der Waals surface area contributed by atoms with Crippen LogP contribution in [0.1, 0.15) is 25.7 Å². The second kappa shape index (κ2) is 5.33. The van der Waals surface area contributed by atoms with E-state index in [0.717, 1.165) is 19.4 Å². The smallest absolute Gasteiger partial charge is 0.0728 e. The third kappa shape index (κ3) is 2.61. The van der Waals surface area contributed by atoms with E-state index in [1.165, 1.54) is 12.8 Å². The maximum Gasteiger partial charge on any atom is 0.0728 e. The Balaban J connectivity index is 2.27. The predicted octanol–water partition coefficient (Wildman–Crippen LogP) is 1.72. The number of nitrogens with one attached hydrogen (secondary N) is 1. The molecule has 1 aliphatic rings. The van der Waals surface area contributed by atoms with Crippen molar-refractivity contribution >= 4 is 0 Å². The van der Waals surface area contributed by atoms with Crippen LogP contribution in [0.2, 0.25) is 0 Å². The summed E-state index contributed by atoms with van der Waals surface area (Å²) in [5.74, 6) is 0. The molecule has 2 atom stereocenters. The number of allylic oxidation sites excluding steroid dienone is 1. The summed E-state index contributed by atoms with van der Waals surface area (Å²) < 4.78 is 5.61. The molecule has 2 unspecified atom stereocenters. The number of hydrogen-bond acceptors (Lipinski definition) is 2. The normalized spacial score (nSPS) is 25.6. The SMILES string of the molecule is C=CCCC(NC)C1CCCO1.